The molecular weight excluding hydrogens is 238 g/mol. The standard InChI is InChI=1S/C15H17N3O/c1-15(7-9-16-10-15)14(19)18-12-6-2-4-11-5-3-8-17-13(11)12/h2-6,8,16H,7,9-10H2,1H3,(H,18,19). The molecule has 0 aliphatic carbocycles. The number of hydrogen-bond acceptors (Lipinski definition) is 3. The summed E-state index contributed by atoms with van der Waals surface area (Å²) in [6.45, 7) is 3.63. The van der Waals surface area contributed by atoms with Gasteiger partial charge < -0.3 is 10.6 Å². The maximum absolute atomic E-state index is 12.4. The van der Waals surface area contributed by atoms with Gasteiger partial charge in [0, 0.05) is 18.1 Å². The van der Waals surface area contributed by atoms with Crippen LogP contribution in [0.3, 0.4) is 0 Å². The van der Waals surface area contributed by atoms with Crippen molar-refractivity contribution in [1.82, 2.24) is 10.3 Å². The lowest BCUT2D eigenvalue weighted by molar-refractivity contribution is -0.123. The van der Waals surface area contributed by atoms with Crippen molar-refractivity contribution in [3.63, 3.8) is 0 Å². The average Bonchev–Trinajstić information content (AvgIpc) is 2.87. The zero-order valence-corrected chi connectivity index (χ0v) is 10.9. The molecule has 19 heavy (non-hydrogen) atoms. The number of rotatable bonds is 2. The van der Waals surface area contributed by atoms with Crippen molar-refractivity contribution in [2.75, 3.05) is 18.4 Å². The Balaban J connectivity index is 1.91. The van der Waals surface area contributed by atoms with E-state index < -0.39 is 0 Å². The summed E-state index contributed by atoms with van der Waals surface area (Å²) in [5, 5.41) is 7.30. The van der Waals surface area contributed by atoms with Gasteiger partial charge in [0.25, 0.3) is 0 Å². The van der Waals surface area contributed by atoms with Crippen molar-refractivity contribution in [1.29, 1.82) is 0 Å². The summed E-state index contributed by atoms with van der Waals surface area (Å²) in [5.74, 6) is 0.0654. The van der Waals surface area contributed by atoms with Crippen LogP contribution in [0, 0.1) is 5.41 Å². The third-order valence-electron chi connectivity index (χ3n) is 3.80. The van der Waals surface area contributed by atoms with Gasteiger partial charge in [-0.3, -0.25) is 9.78 Å². The van der Waals surface area contributed by atoms with E-state index in [4.69, 9.17) is 0 Å². The van der Waals surface area contributed by atoms with Crippen molar-refractivity contribution in [2.45, 2.75) is 13.3 Å². The molecule has 1 amide bonds. The molecule has 1 unspecified atom stereocenters. The van der Waals surface area contributed by atoms with Crippen molar-refractivity contribution >= 4 is 22.5 Å². The summed E-state index contributed by atoms with van der Waals surface area (Å²) in [6.07, 6.45) is 2.62. The molecule has 1 fully saturated rings. The molecular formula is C15H17N3O. The van der Waals surface area contributed by atoms with Crippen LogP contribution in [0.5, 0.6) is 0 Å². The highest BCUT2D eigenvalue weighted by molar-refractivity contribution is 6.02. The Morgan fingerprint density at radius 3 is 3.00 bits per heavy atom. The van der Waals surface area contributed by atoms with Crippen molar-refractivity contribution in [2.24, 2.45) is 5.41 Å². The van der Waals surface area contributed by atoms with E-state index in [9.17, 15) is 4.79 Å². The molecule has 1 aliphatic heterocycles. The minimum Gasteiger partial charge on any atom is -0.324 e. The lowest BCUT2D eigenvalue weighted by Crippen LogP contribution is -2.35. The van der Waals surface area contributed by atoms with Crippen molar-refractivity contribution in [3.8, 4) is 0 Å². The Hall–Kier alpha value is -1.94. The number of anilines is 1. The second-order valence-electron chi connectivity index (χ2n) is 5.32. The molecule has 1 aliphatic rings. The third kappa shape index (κ3) is 2.19. The van der Waals surface area contributed by atoms with Gasteiger partial charge in [0.15, 0.2) is 0 Å². The van der Waals surface area contributed by atoms with Crippen molar-refractivity contribution < 1.29 is 4.79 Å². The second kappa shape index (κ2) is 4.63. The highest BCUT2D eigenvalue weighted by Gasteiger charge is 2.36. The Morgan fingerprint density at radius 2 is 2.21 bits per heavy atom. The van der Waals surface area contributed by atoms with Gasteiger partial charge in [-0.2, -0.15) is 0 Å². The number of nitrogens with zero attached hydrogens (tertiary/aromatic N) is 1. The lowest BCUT2D eigenvalue weighted by Gasteiger charge is -2.21. The number of para-hydroxylation sites is 1. The third-order valence-corrected chi connectivity index (χ3v) is 3.80. The average molecular weight is 255 g/mol. The van der Waals surface area contributed by atoms with E-state index in [1.54, 1.807) is 6.20 Å². The second-order valence-corrected chi connectivity index (χ2v) is 5.32. The van der Waals surface area contributed by atoms with E-state index in [-0.39, 0.29) is 11.3 Å². The van der Waals surface area contributed by atoms with Gasteiger partial charge in [-0.25, -0.2) is 0 Å². The number of carbonyl (C=O) groups excluding carboxylic acids is 1. The molecule has 2 aromatic rings. The number of hydrogen-bond donors (Lipinski definition) is 2. The highest BCUT2D eigenvalue weighted by Crippen LogP contribution is 2.28. The molecule has 98 valence electrons. The lowest BCUT2D eigenvalue weighted by atomic mass is 9.88. The Bertz CT molecular complexity index is 612. The minimum absolute atomic E-state index is 0.0654. The van der Waals surface area contributed by atoms with Crippen LogP contribution in [0.15, 0.2) is 36.5 Å². The maximum Gasteiger partial charge on any atom is 0.231 e. The molecule has 1 saturated heterocycles. The summed E-state index contributed by atoms with van der Waals surface area (Å²) < 4.78 is 0. The molecule has 0 spiro atoms. The Morgan fingerprint density at radius 1 is 1.37 bits per heavy atom. The molecule has 2 heterocycles. The molecule has 0 radical (unpaired) electrons. The summed E-state index contributed by atoms with van der Waals surface area (Å²) in [6, 6.07) is 9.73. The van der Waals surface area contributed by atoms with Gasteiger partial charge in [-0.15, -0.1) is 0 Å². The number of amides is 1. The van der Waals surface area contributed by atoms with Crippen LogP contribution in [-0.4, -0.2) is 24.0 Å². The number of pyridine rings is 1. The predicted molar refractivity (Wildman–Crippen MR) is 76.0 cm³/mol. The normalized spacial score (nSPS) is 22.6. The number of fused-ring (bicyclic) bond motifs is 1. The van der Waals surface area contributed by atoms with E-state index in [0.29, 0.717) is 0 Å². The van der Waals surface area contributed by atoms with E-state index in [1.807, 2.05) is 37.3 Å². The topological polar surface area (TPSA) is 54.0 Å². The molecule has 1 atom stereocenters. The van der Waals surface area contributed by atoms with Gasteiger partial charge in [-0.1, -0.05) is 18.2 Å². The van der Waals surface area contributed by atoms with E-state index in [1.165, 1.54) is 0 Å². The molecule has 4 heteroatoms. The zero-order valence-electron chi connectivity index (χ0n) is 10.9. The summed E-state index contributed by atoms with van der Waals surface area (Å²) in [7, 11) is 0. The monoisotopic (exact) mass is 255 g/mol. The maximum atomic E-state index is 12.4. The van der Waals surface area contributed by atoms with Crippen LogP contribution in [-0.2, 0) is 4.79 Å². The van der Waals surface area contributed by atoms with E-state index >= 15 is 0 Å². The van der Waals surface area contributed by atoms with Crippen LogP contribution in [0.2, 0.25) is 0 Å². The van der Waals surface area contributed by atoms with Crippen LogP contribution >= 0.6 is 0 Å². The fourth-order valence-electron chi connectivity index (χ4n) is 2.49. The van der Waals surface area contributed by atoms with E-state index in [0.717, 1.165) is 36.1 Å². The fourth-order valence-corrected chi connectivity index (χ4v) is 2.49. The largest absolute Gasteiger partial charge is 0.324 e. The first kappa shape index (κ1) is 12.1. The fraction of sp³-hybridized carbons (Fsp3) is 0.333. The number of nitrogens with one attached hydrogen (secondary N) is 2. The Labute approximate surface area is 112 Å². The first-order valence-corrected chi connectivity index (χ1v) is 6.55. The quantitative estimate of drug-likeness (QED) is 0.864. The van der Waals surface area contributed by atoms with Crippen LogP contribution in [0.4, 0.5) is 5.69 Å². The zero-order chi connectivity index (χ0) is 13.3. The predicted octanol–water partition coefficient (Wildman–Crippen LogP) is 2.17. The molecule has 1 aromatic carbocycles. The molecule has 0 bridgehead atoms. The van der Waals surface area contributed by atoms with E-state index in [2.05, 4.69) is 15.6 Å². The molecule has 2 N–H and O–H groups in total. The Kier molecular flexibility index (Phi) is 2.95. The first-order chi connectivity index (χ1) is 9.19. The first-order valence-electron chi connectivity index (χ1n) is 6.55. The molecule has 4 nitrogen and oxygen atoms in total. The smallest absolute Gasteiger partial charge is 0.231 e. The molecule has 1 aromatic heterocycles. The van der Waals surface area contributed by atoms with Gasteiger partial charge in [0.2, 0.25) is 5.91 Å². The number of benzene rings is 1. The molecule has 3 rings (SSSR count). The highest BCUT2D eigenvalue weighted by atomic mass is 16.2. The summed E-state index contributed by atoms with van der Waals surface area (Å²) in [5.41, 5.74) is 1.31. The van der Waals surface area contributed by atoms with Gasteiger partial charge in [0.1, 0.15) is 0 Å². The SMILES string of the molecule is CC1(C(=O)Nc2cccc3cccnc23)CCNC1. The number of aromatic nitrogens is 1. The summed E-state index contributed by atoms with van der Waals surface area (Å²) >= 11 is 0. The van der Waals surface area contributed by atoms with Gasteiger partial charge in [0.05, 0.1) is 16.6 Å². The minimum atomic E-state index is -0.322. The van der Waals surface area contributed by atoms with Gasteiger partial charge >= 0.3 is 0 Å². The van der Waals surface area contributed by atoms with Crippen LogP contribution < -0.4 is 10.6 Å². The molecule has 0 saturated carbocycles. The summed E-state index contributed by atoms with van der Waals surface area (Å²) in [4.78, 5) is 16.8. The number of carbonyl (C=O) groups is 1. The van der Waals surface area contributed by atoms with Crippen molar-refractivity contribution in [3.05, 3.63) is 36.5 Å². The van der Waals surface area contributed by atoms with Crippen LogP contribution in [0.1, 0.15) is 13.3 Å². The van der Waals surface area contributed by atoms with Crippen LogP contribution in [0.25, 0.3) is 10.9 Å². The van der Waals surface area contributed by atoms with Gasteiger partial charge in [-0.05, 0) is 32.0 Å².